The molecule has 1 heterocycles. The number of sulfonamides is 1. The van der Waals surface area contributed by atoms with Gasteiger partial charge in [0, 0.05) is 24.5 Å². The van der Waals surface area contributed by atoms with E-state index >= 15 is 0 Å². The topological polar surface area (TPSA) is 49.4 Å². The lowest BCUT2D eigenvalue weighted by molar-refractivity contribution is 0.459. The van der Waals surface area contributed by atoms with Gasteiger partial charge < -0.3 is 5.32 Å². The molecule has 0 aliphatic heterocycles. The Morgan fingerprint density at radius 1 is 1.59 bits per heavy atom. The van der Waals surface area contributed by atoms with E-state index in [0.29, 0.717) is 24.5 Å². The number of rotatable bonds is 7. The third kappa shape index (κ3) is 3.16. The van der Waals surface area contributed by atoms with Crippen molar-refractivity contribution in [2.45, 2.75) is 18.4 Å². The van der Waals surface area contributed by atoms with Gasteiger partial charge in [0.1, 0.15) is 0 Å². The fourth-order valence-electron chi connectivity index (χ4n) is 1.53. The number of hydrogen-bond donors (Lipinski definition) is 1. The van der Waals surface area contributed by atoms with Crippen molar-refractivity contribution >= 4 is 21.4 Å². The molecule has 1 aromatic heterocycles. The highest BCUT2D eigenvalue weighted by molar-refractivity contribution is 7.89. The number of thiophene rings is 1. The van der Waals surface area contributed by atoms with E-state index in [0.717, 1.165) is 4.88 Å². The van der Waals surface area contributed by atoms with E-state index in [-0.39, 0.29) is 0 Å². The van der Waals surface area contributed by atoms with Crippen LogP contribution in [0.5, 0.6) is 0 Å². The van der Waals surface area contributed by atoms with Crippen molar-refractivity contribution in [3.63, 3.8) is 0 Å². The van der Waals surface area contributed by atoms with E-state index < -0.39 is 10.0 Å². The molecule has 1 rings (SSSR count). The zero-order valence-corrected chi connectivity index (χ0v) is 11.8. The average Bonchev–Trinajstić information content (AvgIpc) is 2.75. The zero-order valence-electron chi connectivity index (χ0n) is 10.1. The molecule has 0 aromatic carbocycles. The third-order valence-corrected chi connectivity index (χ3v) is 5.42. The minimum absolute atomic E-state index is 0.341. The molecule has 0 unspecified atom stereocenters. The average molecular weight is 274 g/mol. The molecule has 0 saturated heterocycles. The summed E-state index contributed by atoms with van der Waals surface area (Å²) in [6.45, 7) is 6.77. The smallest absolute Gasteiger partial charge is 0.244 e. The molecule has 0 aliphatic rings. The second-order valence-electron chi connectivity index (χ2n) is 3.48. The zero-order chi connectivity index (χ0) is 12.9. The SMILES string of the molecule is C=CCN(CC)S(=O)(=O)c1ccsc1CNC. The van der Waals surface area contributed by atoms with Gasteiger partial charge in [0.25, 0.3) is 0 Å². The summed E-state index contributed by atoms with van der Waals surface area (Å²) in [5.41, 5.74) is 0. The van der Waals surface area contributed by atoms with Gasteiger partial charge in [-0.05, 0) is 18.5 Å². The maximum absolute atomic E-state index is 12.4. The van der Waals surface area contributed by atoms with Gasteiger partial charge in [-0.2, -0.15) is 4.31 Å². The molecule has 0 bridgehead atoms. The summed E-state index contributed by atoms with van der Waals surface area (Å²) in [4.78, 5) is 1.25. The lowest BCUT2D eigenvalue weighted by atomic mass is 10.5. The molecule has 0 atom stereocenters. The Kier molecular flexibility index (Phi) is 5.32. The highest BCUT2D eigenvalue weighted by Gasteiger charge is 2.25. The Morgan fingerprint density at radius 2 is 2.29 bits per heavy atom. The van der Waals surface area contributed by atoms with Crippen LogP contribution in [-0.2, 0) is 16.6 Å². The highest BCUT2D eigenvalue weighted by Crippen LogP contribution is 2.24. The standard InChI is InChI=1S/C11H18N2O2S2/c1-4-7-13(5-2)17(14,15)11-6-8-16-10(11)9-12-3/h4,6,8,12H,1,5,7,9H2,2-3H3. The molecule has 1 aromatic rings. The van der Waals surface area contributed by atoms with E-state index in [1.165, 1.54) is 15.6 Å². The van der Waals surface area contributed by atoms with Crippen molar-refractivity contribution in [2.75, 3.05) is 20.1 Å². The first kappa shape index (κ1) is 14.4. The first-order valence-electron chi connectivity index (χ1n) is 5.40. The van der Waals surface area contributed by atoms with Crippen LogP contribution in [0, 0.1) is 0 Å². The largest absolute Gasteiger partial charge is 0.315 e. The molecule has 0 spiro atoms. The van der Waals surface area contributed by atoms with E-state index in [1.54, 1.807) is 24.6 Å². The minimum atomic E-state index is -3.39. The Hall–Kier alpha value is -0.690. The Labute approximate surface area is 107 Å². The summed E-state index contributed by atoms with van der Waals surface area (Å²) in [5.74, 6) is 0. The summed E-state index contributed by atoms with van der Waals surface area (Å²) in [7, 11) is -1.59. The first-order chi connectivity index (χ1) is 8.07. The van der Waals surface area contributed by atoms with Crippen LogP contribution < -0.4 is 5.32 Å². The Morgan fingerprint density at radius 3 is 2.82 bits per heavy atom. The summed E-state index contributed by atoms with van der Waals surface area (Å²) < 4.78 is 26.2. The molecule has 96 valence electrons. The van der Waals surface area contributed by atoms with Crippen LogP contribution in [0.4, 0.5) is 0 Å². The lowest BCUT2D eigenvalue weighted by Gasteiger charge is -2.18. The molecule has 0 amide bonds. The molecular weight excluding hydrogens is 256 g/mol. The monoisotopic (exact) mass is 274 g/mol. The van der Waals surface area contributed by atoms with Crippen molar-refractivity contribution in [3.8, 4) is 0 Å². The molecule has 6 heteroatoms. The van der Waals surface area contributed by atoms with E-state index in [1.807, 2.05) is 6.92 Å². The van der Waals surface area contributed by atoms with Gasteiger partial charge in [-0.15, -0.1) is 17.9 Å². The fourth-order valence-corrected chi connectivity index (χ4v) is 4.37. The van der Waals surface area contributed by atoms with Crippen LogP contribution in [0.2, 0.25) is 0 Å². The van der Waals surface area contributed by atoms with Gasteiger partial charge in [0.2, 0.25) is 10.0 Å². The van der Waals surface area contributed by atoms with Crippen LogP contribution in [0.1, 0.15) is 11.8 Å². The Balaban J connectivity index is 3.10. The van der Waals surface area contributed by atoms with Crippen molar-refractivity contribution in [1.29, 1.82) is 0 Å². The fraction of sp³-hybridized carbons (Fsp3) is 0.455. The normalized spacial score (nSPS) is 11.9. The maximum Gasteiger partial charge on any atom is 0.244 e. The van der Waals surface area contributed by atoms with E-state index in [2.05, 4.69) is 11.9 Å². The van der Waals surface area contributed by atoms with E-state index in [4.69, 9.17) is 0 Å². The predicted molar refractivity (Wildman–Crippen MR) is 71.7 cm³/mol. The van der Waals surface area contributed by atoms with Gasteiger partial charge in [-0.1, -0.05) is 13.0 Å². The molecular formula is C11H18N2O2S2. The lowest BCUT2D eigenvalue weighted by Crippen LogP contribution is -2.31. The van der Waals surface area contributed by atoms with Crippen LogP contribution in [0.3, 0.4) is 0 Å². The maximum atomic E-state index is 12.4. The molecule has 0 aliphatic carbocycles. The summed E-state index contributed by atoms with van der Waals surface area (Å²) in [6, 6.07) is 1.67. The number of nitrogens with zero attached hydrogens (tertiary/aromatic N) is 1. The van der Waals surface area contributed by atoms with Crippen molar-refractivity contribution < 1.29 is 8.42 Å². The van der Waals surface area contributed by atoms with Gasteiger partial charge in [0.15, 0.2) is 0 Å². The summed E-state index contributed by atoms with van der Waals surface area (Å²) >= 11 is 1.45. The second-order valence-corrected chi connectivity index (χ2v) is 6.39. The third-order valence-electron chi connectivity index (χ3n) is 2.35. The quantitative estimate of drug-likeness (QED) is 0.769. The summed E-state index contributed by atoms with van der Waals surface area (Å²) in [6.07, 6.45) is 1.60. The van der Waals surface area contributed by atoms with Crippen LogP contribution in [0.15, 0.2) is 29.0 Å². The number of hydrogen-bond acceptors (Lipinski definition) is 4. The first-order valence-corrected chi connectivity index (χ1v) is 7.71. The minimum Gasteiger partial charge on any atom is -0.315 e. The molecule has 0 radical (unpaired) electrons. The van der Waals surface area contributed by atoms with Crippen molar-refractivity contribution in [3.05, 3.63) is 29.0 Å². The molecule has 0 saturated carbocycles. The Bertz CT molecular complexity index is 466. The van der Waals surface area contributed by atoms with Gasteiger partial charge in [-0.25, -0.2) is 8.42 Å². The van der Waals surface area contributed by atoms with E-state index in [9.17, 15) is 8.42 Å². The number of nitrogens with one attached hydrogen (secondary N) is 1. The molecule has 4 nitrogen and oxygen atoms in total. The van der Waals surface area contributed by atoms with Crippen molar-refractivity contribution in [1.82, 2.24) is 9.62 Å². The van der Waals surface area contributed by atoms with Gasteiger partial charge in [0.05, 0.1) is 4.90 Å². The van der Waals surface area contributed by atoms with Gasteiger partial charge in [-0.3, -0.25) is 0 Å². The molecule has 17 heavy (non-hydrogen) atoms. The predicted octanol–water partition coefficient (Wildman–Crippen LogP) is 1.66. The van der Waals surface area contributed by atoms with Crippen LogP contribution in [-0.4, -0.2) is 32.9 Å². The van der Waals surface area contributed by atoms with Crippen molar-refractivity contribution in [2.24, 2.45) is 0 Å². The van der Waals surface area contributed by atoms with Crippen LogP contribution in [0.25, 0.3) is 0 Å². The molecule has 1 N–H and O–H groups in total. The highest BCUT2D eigenvalue weighted by atomic mass is 32.2. The molecule has 0 fully saturated rings. The van der Waals surface area contributed by atoms with Gasteiger partial charge >= 0.3 is 0 Å². The number of likely N-dealkylation sites (N-methyl/N-ethyl adjacent to an activating group) is 1. The second kappa shape index (κ2) is 6.30. The summed E-state index contributed by atoms with van der Waals surface area (Å²) in [5, 5.41) is 4.79. The van der Waals surface area contributed by atoms with Crippen LogP contribution >= 0.6 is 11.3 Å².